The van der Waals surface area contributed by atoms with Gasteiger partial charge in [0.15, 0.2) is 11.6 Å². The Balaban J connectivity index is 1.24. The van der Waals surface area contributed by atoms with Crippen LogP contribution in [-0.4, -0.2) is 6.10 Å². The number of hydrogen-bond donors (Lipinski definition) is 0. The number of allylic oxidation sites excluding steroid dienone is 2. The van der Waals surface area contributed by atoms with Crippen molar-refractivity contribution in [1.82, 2.24) is 0 Å². The van der Waals surface area contributed by atoms with E-state index in [9.17, 15) is 26.3 Å². The van der Waals surface area contributed by atoms with Gasteiger partial charge in [-0.25, -0.2) is 17.6 Å². The van der Waals surface area contributed by atoms with Gasteiger partial charge in [0.05, 0.1) is 6.10 Å². The first-order chi connectivity index (χ1) is 18.2. The lowest BCUT2D eigenvalue weighted by molar-refractivity contribution is -0.280. The van der Waals surface area contributed by atoms with Gasteiger partial charge < -0.3 is 4.74 Å². The van der Waals surface area contributed by atoms with E-state index in [4.69, 9.17) is 4.74 Å². The highest BCUT2D eigenvalue weighted by Gasteiger charge is 2.42. The van der Waals surface area contributed by atoms with Crippen LogP contribution < -0.4 is 0 Å². The number of rotatable bonds is 9. The summed E-state index contributed by atoms with van der Waals surface area (Å²) in [7, 11) is 0. The summed E-state index contributed by atoms with van der Waals surface area (Å²) in [6.45, 7) is 1.94. The largest absolute Gasteiger partial charge is 0.389 e. The minimum Gasteiger partial charge on any atom is -0.313 e. The van der Waals surface area contributed by atoms with Crippen molar-refractivity contribution in [1.29, 1.82) is 0 Å². The topological polar surface area (TPSA) is 9.23 Å². The summed E-state index contributed by atoms with van der Waals surface area (Å²) < 4.78 is 90.2. The predicted octanol–water partition coefficient (Wildman–Crippen LogP) is 9.74. The highest BCUT2D eigenvalue weighted by atomic mass is 19.3. The smallest absolute Gasteiger partial charge is 0.313 e. The third-order valence-corrected chi connectivity index (χ3v) is 8.09. The molecule has 4 rings (SSSR count). The Morgan fingerprint density at radius 1 is 0.763 bits per heavy atom. The zero-order chi connectivity index (χ0) is 27.3. The van der Waals surface area contributed by atoms with Gasteiger partial charge in [-0.3, -0.25) is 0 Å². The monoisotopic (exact) mass is 538 g/mol. The number of benzene rings is 2. The Kier molecular flexibility index (Phi) is 9.61. The highest BCUT2D eigenvalue weighted by molar-refractivity contribution is 5.29. The minimum atomic E-state index is -4.03. The van der Waals surface area contributed by atoms with Crippen molar-refractivity contribution in [2.24, 2.45) is 11.8 Å². The van der Waals surface area contributed by atoms with Crippen LogP contribution in [0.3, 0.4) is 0 Å². The molecule has 0 saturated heterocycles. The molecule has 2 aliphatic rings. The second kappa shape index (κ2) is 12.7. The lowest BCUT2D eigenvalue weighted by Crippen LogP contribution is -2.31. The number of unbranched alkanes of at least 4 members (excludes halogenated alkanes) is 1. The van der Waals surface area contributed by atoms with Crippen LogP contribution in [0.5, 0.6) is 0 Å². The van der Waals surface area contributed by atoms with Crippen LogP contribution in [0, 0.1) is 35.1 Å². The molecule has 0 amide bonds. The van der Waals surface area contributed by atoms with Gasteiger partial charge in [0.2, 0.25) is 0 Å². The van der Waals surface area contributed by atoms with E-state index in [1.165, 1.54) is 12.1 Å². The maximum absolute atomic E-state index is 14.8. The van der Waals surface area contributed by atoms with E-state index in [-0.39, 0.29) is 11.8 Å². The lowest BCUT2D eigenvalue weighted by Gasteiger charge is -2.31. The first kappa shape index (κ1) is 28.7. The molecule has 0 aliphatic heterocycles. The predicted molar refractivity (Wildman–Crippen MR) is 136 cm³/mol. The summed E-state index contributed by atoms with van der Waals surface area (Å²) in [5.41, 5.74) is -0.0982. The van der Waals surface area contributed by atoms with E-state index >= 15 is 0 Å². The number of hydrogen-bond acceptors (Lipinski definition) is 1. The van der Waals surface area contributed by atoms with Gasteiger partial charge >= 0.3 is 6.11 Å². The second-order valence-corrected chi connectivity index (χ2v) is 10.9. The fourth-order valence-corrected chi connectivity index (χ4v) is 5.82. The fourth-order valence-electron chi connectivity index (χ4n) is 5.82. The van der Waals surface area contributed by atoms with E-state index in [0.717, 1.165) is 56.2 Å². The zero-order valence-corrected chi connectivity index (χ0v) is 21.8. The molecule has 2 saturated carbocycles. The molecule has 208 valence electrons. The fraction of sp³-hybridized carbons (Fsp3) is 0.548. The van der Waals surface area contributed by atoms with Crippen LogP contribution in [0.2, 0.25) is 0 Å². The molecule has 2 fully saturated rings. The van der Waals surface area contributed by atoms with Gasteiger partial charge in [-0.15, -0.1) is 0 Å². The molecule has 0 spiro atoms. The first-order valence-electron chi connectivity index (χ1n) is 13.8. The molecule has 2 aromatic rings. The van der Waals surface area contributed by atoms with Gasteiger partial charge in [0.25, 0.3) is 0 Å². The van der Waals surface area contributed by atoms with Crippen molar-refractivity contribution in [2.75, 3.05) is 0 Å². The Hall–Kier alpha value is -2.28. The molecule has 2 aliphatic carbocycles. The van der Waals surface area contributed by atoms with Crippen LogP contribution in [0.1, 0.15) is 93.7 Å². The third kappa shape index (κ3) is 7.22. The molecule has 0 atom stereocenters. The molecule has 0 bridgehead atoms. The molecule has 0 heterocycles. The van der Waals surface area contributed by atoms with Crippen molar-refractivity contribution in [3.63, 3.8) is 0 Å². The lowest BCUT2D eigenvalue weighted by atomic mass is 9.78. The molecular formula is C31H36F6O. The van der Waals surface area contributed by atoms with Crippen LogP contribution in [0.25, 0.3) is 0 Å². The van der Waals surface area contributed by atoms with E-state index in [2.05, 4.69) is 12.2 Å². The van der Waals surface area contributed by atoms with Gasteiger partial charge in [-0.1, -0.05) is 31.6 Å². The molecule has 7 heteroatoms. The molecule has 2 aromatic carbocycles. The van der Waals surface area contributed by atoms with Crippen LogP contribution in [-0.2, 0) is 17.3 Å². The van der Waals surface area contributed by atoms with Gasteiger partial charge in [0, 0.05) is 0 Å². The summed E-state index contributed by atoms with van der Waals surface area (Å²) >= 11 is 0. The minimum absolute atomic E-state index is 0.228. The van der Waals surface area contributed by atoms with Gasteiger partial charge in [-0.05, 0) is 117 Å². The first-order valence-corrected chi connectivity index (χ1v) is 13.8. The normalized spacial score (nSPS) is 24.7. The number of halogens is 6. The van der Waals surface area contributed by atoms with Crippen molar-refractivity contribution >= 4 is 0 Å². The Morgan fingerprint density at radius 2 is 1.34 bits per heavy atom. The summed E-state index contributed by atoms with van der Waals surface area (Å²) in [4.78, 5) is 0. The average molecular weight is 539 g/mol. The number of aryl methyl sites for hydroxylation is 1. The Bertz CT molecular complexity index is 1070. The van der Waals surface area contributed by atoms with Crippen LogP contribution >= 0.6 is 0 Å². The van der Waals surface area contributed by atoms with Gasteiger partial charge in [-0.2, -0.15) is 8.78 Å². The standard InChI is InChI=1S/C31H36F6O/c1-2-3-4-22-17-28(34)30(29(35)18-22)31(36,37)38-25-14-9-21(10-15-25)6-5-20-7-11-23(12-8-20)24-13-16-26(32)27(33)19-24/h5-6,13,16-21,23,25H,2-4,7-12,14-15H2,1H3/b6-5+. The molecule has 0 aromatic heterocycles. The van der Waals surface area contributed by atoms with Crippen molar-refractivity contribution in [3.8, 4) is 0 Å². The SMILES string of the molecule is CCCCc1cc(F)c(C(F)(F)OC2CCC(/C=C/C3CCC(c4ccc(F)c(F)c4)CC3)CC2)c(F)c1. The molecule has 1 nitrogen and oxygen atoms in total. The van der Waals surface area contributed by atoms with Crippen molar-refractivity contribution < 1.29 is 31.1 Å². The zero-order valence-electron chi connectivity index (χ0n) is 21.8. The van der Waals surface area contributed by atoms with Crippen molar-refractivity contribution in [3.05, 3.63) is 82.4 Å². The van der Waals surface area contributed by atoms with Crippen LogP contribution in [0.15, 0.2) is 42.5 Å². The molecule has 0 unspecified atom stereocenters. The van der Waals surface area contributed by atoms with E-state index < -0.39 is 41.0 Å². The maximum atomic E-state index is 14.8. The quantitative estimate of drug-likeness (QED) is 0.228. The summed E-state index contributed by atoms with van der Waals surface area (Å²) in [5.74, 6) is -3.29. The molecule has 0 N–H and O–H groups in total. The van der Waals surface area contributed by atoms with Gasteiger partial charge in [0.1, 0.15) is 17.2 Å². The molecule has 38 heavy (non-hydrogen) atoms. The van der Waals surface area contributed by atoms with Crippen LogP contribution in [0.4, 0.5) is 26.3 Å². The summed E-state index contributed by atoms with van der Waals surface area (Å²) in [5, 5.41) is 0. The second-order valence-electron chi connectivity index (χ2n) is 10.9. The van der Waals surface area contributed by atoms with E-state index in [0.29, 0.717) is 43.6 Å². The maximum Gasteiger partial charge on any atom is 0.389 e. The summed E-state index contributed by atoms with van der Waals surface area (Å²) in [6, 6.07) is 6.11. The van der Waals surface area contributed by atoms with E-state index in [1.807, 2.05) is 6.92 Å². The van der Waals surface area contributed by atoms with Crippen molar-refractivity contribution in [2.45, 2.75) is 95.7 Å². The average Bonchev–Trinajstić information content (AvgIpc) is 2.88. The Labute approximate surface area is 221 Å². The summed E-state index contributed by atoms with van der Waals surface area (Å²) in [6.07, 6.45) is 7.41. The number of alkyl halides is 2. The highest BCUT2D eigenvalue weighted by Crippen LogP contribution is 2.40. The number of ether oxygens (including phenoxy) is 1. The molecular weight excluding hydrogens is 502 g/mol. The van der Waals surface area contributed by atoms with E-state index in [1.54, 1.807) is 6.07 Å². The Morgan fingerprint density at radius 3 is 1.89 bits per heavy atom. The third-order valence-electron chi connectivity index (χ3n) is 8.09. The molecule has 0 radical (unpaired) electrons.